The van der Waals surface area contributed by atoms with Gasteiger partial charge in [0.05, 0.1) is 6.04 Å². The van der Waals surface area contributed by atoms with Gasteiger partial charge in [-0.15, -0.1) is 0 Å². The van der Waals surface area contributed by atoms with Gasteiger partial charge >= 0.3 is 0 Å². The van der Waals surface area contributed by atoms with E-state index in [1.165, 1.54) is 44.3 Å². The second-order valence-corrected chi connectivity index (χ2v) is 5.55. The molecule has 2 heterocycles. The highest BCUT2D eigenvalue weighted by atomic mass is 16.5. The number of benzene rings is 1. The Bertz CT molecular complexity index is 404. The Hall–Kier alpha value is -1.02. The first-order valence-corrected chi connectivity index (χ1v) is 7.36. The predicted molar refractivity (Wildman–Crippen MR) is 74.2 cm³/mol. The molecule has 0 N–H and O–H groups in total. The van der Waals surface area contributed by atoms with Gasteiger partial charge in [-0.1, -0.05) is 31.5 Å². The molecule has 1 aromatic rings. The van der Waals surface area contributed by atoms with Gasteiger partial charge < -0.3 is 4.74 Å². The van der Waals surface area contributed by atoms with E-state index in [1.807, 2.05) is 0 Å². The summed E-state index contributed by atoms with van der Waals surface area (Å²) in [5.41, 5.74) is 1.44. The van der Waals surface area contributed by atoms with Gasteiger partial charge in [-0.2, -0.15) is 0 Å². The molecular formula is C16H23NO. The Morgan fingerprint density at radius 2 is 2.22 bits per heavy atom. The van der Waals surface area contributed by atoms with Crippen LogP contribution in [0, 0.1) is 0 Å². The lowest BCUT2D eigenvalue weighted by molar-refractivity contribution is 0.0648. The SMILES string of the molecule is CCCCN1CCCC2c3ccccc3OCC21. The van der Waals surface area contributed by atoms with E-state index < -0.39 is 0 Å². The Kier molecular flexibility index (Phi) is 3.55. The highest BCUT2D eigenvalue weighted by molar-refractivity contribution is 5.39. The van der Waals surface area contributed by atoms with Gasteiger partial charge in [0.15, 0.2) is 0 Å². The Balaban J connectivity index is 1.81. The summed E-state index contributed by atoms with van der Waals surface area (Å²) in [5.74, 6) is 1.82. The number of fused-ring (bicyclic) bond motifs is 3. The summed E-state index contributed by atoms with van der Waals surface area (Å²) in [6.07, 6.45) is 5.25. The number of para-hydroxylation sites is 1. The Morgan fingerprint density at radius 3 is 3.11 bits per heavy atom. The molecule has 2 aliphatic heterocycles. The zero-order valence-corrected chi connectivity index (χ0v) is 11.3. The van der Waals surface area contributed by atoms with Crippen LogP contribution in [0.3, 0.4) is 0 Å². The molecule has 2 heteroatoms. The van der Waals surface area contributed by atoms with Crippen molar-refractivity contribution in [2.45, 2.75) is 44.6 Å². The quantitative estimate of drug-likeness (QED) is 0.809. The molecule has 1 saturated heterocycles. The fourth-order valence-corrected chi connectivity index (χ4v) is 3.44. The minimum Gasteiger partial charge on any atom is -0.492 e. The average molecular weight is 245 g/mol. The molecule has 0 aliphatic carbocycles. The van der Waals surface area contributed by atoms with E-state index in [0.717, 1.165) is 12.4 Å². The van der Waals surface area contributed by atoms with Crippen molar-refractivity contribution in [3.63, 3.8) is 0 Å². The normalized spacial score (nSPS) is 27.2. The number of nitrogens with zero attached hydrogens (tertiary/aromatic N) is 1. The summed E-state index contributed by atoms with van der Waals surface area (Å²) in [7, 11) is 0. The molecule has 1 fully saturated rings. The smallest absolute Gasteiger partial charge is 0.122 e. The molecule has 3 rings (SSSR count). The summed E-state index contributed by atoms with van der Waals surface area (Å²) in [6, 6.07) is 9.22. The lowest BCUT2D eigenvalue weighted by atomic mass is 9.81. The van der Waals surface area contributed by atoms with Crippen LogP contribution in [0.25, 0.3) is 0 Å². The van der Waals surface area contributed by atoms with Gasteiger partial charge in [0.2, 0.25) is 0 Å². The molecular weight excluding hydrogens is 222 g/mol. The first-order valence-electron chi connectivity index (χ1n) is 7.36. The minimum atomic E-state index is 0.611. The number of hydrogen-bond acceptors (Lipinski definition) is 2. The van der Waals surface area contributed by atoms with Gasteiger partial charge in [-0.3, -0.25) is 4.90 Å². The van der Waals surface area contributed by atoms with Crippen molar-refractivity contribution in [2.75, 3.05) is 19.7 Å². The van der Waals surface area contributed by atoms with Crippen LogP contribution in [0.4, 0.5) is 0 Å². The Labute approximate surface area is 110 Å². The van der Waals surface area contributed by atoms with Gasteiger partial charge in [0, 0.05) is 5.92 Å². The maximum absolute atomic E-state index is 5.96. The molecule has 0 radical (unpaired) electrons. The standard InChI is InChI=1S/C16H23NO/c1-2-3-10-17-11-6-8-13-14-7-4-5-9-16(14)18-12-15(13)17/h4-5,7,9,13,15H,2-3,6,8,10-12H2,1H3. The summed E-state index contributed by atoms with van der Waals surface area (Å²) in [6.45, 7) is 5.65. The van der Waals surface area contributed by atoms with Crippen LogP contribution in [-0.4, -0.2) is 30.6 Å². The second-order valence-electron chi connectivity index (χ2n) is 5.55. The molecule has 98 valence electrons. The molecule has 2 unspecified atom stereocenters. The second kappa shape index (κ2) is 5.31. The van der Waals surface area contributed by atoms with Gasteiger partial charge in [0.1, 0.15) is 12.4 Å². The van der Waals surface area contributed by atoms with Crippen LogP contribution in [0.5, 0.6) is 5.75 Å². The third-order valence-electron chi connectivity index (χ3n) is 4.42. The number of likely N-dealkylation sites (tertiary alicyclic amines) is 1. The summed E-state index contributed by atoms with van der Waals surface area (Å²) in [5, 5.41) is 0. The van der Waals surface area contributed by atoms with Crippen LogP contribution < -0.4 is 4.74 Å². The van der Waals surface area contributed by atoms with Crippen LogP contribution in [-0.2, 0) is 0 Å². The minimum absolute atomic E-state index is 0.611. The van der Waals surface area contributed by atoms with E-state index in [4.69, 9.17) is 4.74 Å². The molecule has 0 amide bonds. The number of ether oxygens (including phenoxy) is 1. The lowest BCUT2D eigenvalue weighted by Gasteiger charge is -2.44. The van der Waals surface area contributed by atoms with E-state index in [1.54, 1.807) is 0 Å². The molecule has 2 aliphatic rings. The van der Waals surface area contributed by atoms with Crippen molar-refractivity contribution in [1.82, 2.24) is 4.90 Å². The fourth-order valence-electron chi connectivity index (χ4n) is 3.44. The van der Waals surface area contributed by atoms with E-state index in [-0.39, 0.29) is 0 Å². The fraction of sp³-hybridized carbons (Fsp3) is 0.625. The highest BCUT2D eigenvalue weighted by Gasteiger charge is 2.36. The van der Waals surface area contributed by atoms with Crippen molar-refractivity contribution in [3.05, 3.63) is 29.8 Å². The van der Waals surface area contributed by atoms with Crippen molar-refractivity contribution in [1.29, 1.82) is 0 Å². The third kappa shape index (κ3) is 2.14. The molecule has 1 aromatic carbocycles. The molecule has 2 nitrogen and oxygen atoms in total. The maximum atomic E-state index is 5.96. The predicted octanol–water partition coefficient (Wildman–Crippen LogP) is 3.43. The first-order chi connectivity index (χ1) is 8.90. The van der Waals surface area contributed by atoms with Crippen molar-refractivity contribution >= 4 is 0 Å². The summed E-state index contributed by atoms with van der Waals surface area (Å²) in [4.78, 5) is 2.66. The largest absolute Gasteiger partial charge is 0.492 e. The van der Waals surface area contributed by atoms with Crippen molar-refractivity contribution < 1.29 is 4.74 Å². The molecule has 0 saturated carbocycles. The zero-order valence-electron chi connectivity index (χ0n) is 11.3. The number of unbranched alkanes of at least 4 members (excludes halogenated alkanes) is 1. The van der Waals surface area contributed by atoms with Crippen LogP contribution in [0.1, 0.15) is 44.1 Å². The monoisotopic (exact) mass is 245 g/mol. The molecule has 0 bridgehead atoms. The average Bonchev–Trinajstić information content (AvgIpc) is 2.44. The summed E-state index contributed by atoms with van der Waals surface area (Å²) >= 11 is 0. The van der Waals surface area contributed by atoms with Crippen LogP contribution >= 0.6 is 0 Å². The van der Waals surface area contributed by atoms with E-state index >= 15 is 0 Å². The zero-order chi connectivity index (χ0) is 12.4. The molecule has 0 spiro atoms. The molecule has 0 aromatic heterocycles. The third-order valence-corrected chi connectivity index (χ3v) is 4.42. The van der Waals surface area contributed by atoms with E-state index in [2.05, 4.69) is 36.1 Å². The van der Waals surface area contributed by atoms with Crippen molar-refractivity contribution in [2.24, 2.45) is 0 Å². The van der Waals surface area contributed by atoms with Gasteiger partial charge in [-0.05, 0) is 44.0 Å². The van der Waals surface area contributed by atoms with Gasteiger partial charge in [-0.25, -0.2) is 0 Å². The summed E-state index contributed by atoms with van der Waals surface area (Å²) < 4.78 is 5.96. The Morgan fingerprint density at radius 1 is 1.33 bits per heavy atom. The maximum Gasteiger partial charge on any atom is 0.122 e. The van der Waals surface area contributed by atoms with Gasteiger partial charge in [0.25, 0.3) is 0 Å². The molecule has 2 atom stereocenters. The number of rotatable bonds is 3. The van der Waals surface area contributed by atoms with Crippen LogP contribution in [0.15, 0.2) is 24.3 Å². The van der Waals surface area contributed by atoms with E-state index in [9.17, 15) is 0 Å². The molecule has 18 heavy (non-hydrogen) atoms. The number of piperidine rings is 1. The highest BCUT2D eigenvalue weighted by Crippen LogP contribution is 2.40. The van der Waals surface area contributed by atoms with E-state index in [0.29, 0.717) is 12.0 Å². The van der Waals surface area contributed by atoms with Crippen molar-refractivity contribution in [3.8, 4) is 5.75 Å². The van der Waals surface area contributed by atoms with Crippen LogP contribution in [0.2, 0.25) is 0 Å². The lowest BCUT2D eigenvalue weighted by Crippen LogP contribution is -2.49. The number of hydrogen-bond donors (Lipinski definition) is 0. The topological polar surface area (TPSA) is 12.5 Å². The first kappa shape index (κ1) is 12.0.